The maximum Gasteiger partial charge on any atom is 0.354 e. The number of benzene rings is 1. The zero-order valence-electron chi connectivity index (χ0n) is 9.64. The van der Waals surface area contributed by atoms with Crippen LogP contribution in [0, 0.1) is 0 Å². The highest BCUT2D eigenvalue weighted by Gasteiger charge is 2.12. The smallest absolute Gasteiger partial charge is 0.354 e. The predicted molar refractivity (Wildman–Crippen MR) is 74.7 cm³/mol. The third-order valence-corrected chi connectivity index (χ3v) is 3.16. The van der Waals surface area contributed by atoms with E-state index in [4.69, 9.17) is 21.4 Å². The molecule has 19 heavy (non-hydrogen) atoms. The van der Waals surface area contributed by atoms with Crippen LogP contribution in [0.1, 0.15) is 16.1 Å². The number of aromatic nitrogens is 1. The first-order valence-corrected chi connectivity index (χ1v) is 6.50. The minimum atomic E-state index is -1.08. The van der Waals surface area contributed by atoms with Crippen molar-refractivity contribution < 1.29 is 14.6 Å². The van der Waals surface area contributed by atoms with E-state index in [1.165, 1.54) is 6.20 Å². The van der Waals surface area contributed by atoms with Gasteiger partial charge in [-0.3, -0.25) is 0 Å². The van der Waals surface area contributed by atoms with Crippen LogP contribution in [-0.4, -0.2) is 16.1 Å². The van der Waals surface area contributed by atoms with E-state index in [0.717, 1.165) is 4.47 Å². The van der Waals surface area contributed by atoms with Crippen molar-refractivity contribution in [2.24, 2.45) is 0 Å². The molecule has 6 heteroatoms. The summed E-state index contributed by atoms with van der Waals surface area (Å²) in [4.78, 5) is 14.8. The van der Waals surface area contributed by atoms with E-state index >= 15 is 0 Å². The molecule has 0 atom stereocenters. The van der Waals surface area contributed by atoms with Crippen molar-refractivity contribution in [2.75, 3.05) is 0 Å². The van der Waals surface area contributed by atoms with E-state index in [9.17, 15) is 4.79 Å². The second-order valence-corrected chi connectivity index (χ2v) is 5.00. The molecule has 0 saturated heterocycles. The zero-order valence-corrected chi connectivity index (χ0v) is 12.0. The summed E-state index contributed by atoms with van der Waals surface area (Å²) in [6.07, 6.45) is 1.43. The number of carboxylic acids is 1. The molecule has 0 radical (unpaired) electrons. The van der Waals surface area contributed by atoms with Crippen molar-refractivity contribution in [1.82, 2.24) is 4.98 Å². The molecule has 0 unspecified atom stereocenters. The molecule has 1 aromatic carbocycles. The number of hydrogen-bond acceptors (Lipinski definition) is 3. The van der Waals surface area contributed by atoms with Gasteiger partial charge < -0.3 is 9.84 Å². The summed E-state index contributed by atoms with van der Waals surface area (Å²) in [6.45, 7) is 0.0941. The average Bonchev–Trinajstić information content (AvgIpc) is 2.38. The Hall–Kier alpha value is -1.59. The Bertz CT molecular complexity index is 619. The molecular weight excluding hydrogens is 334 g/mol. The van der Waals surface area contributed by atoms with Gasteiger partial charge in [0, 0.05) is 16.2 Å². The lowest BCUT2D eigenvalue weighted by Gasteiger charge is -2.09. The maximum absolute atomic E-state index is 11.0. The van der Waals surface area contributed by atoms with Crippen LogP contribution >= 0.6 is 27.5 Å². The number of carbonyl (C=O) groups is 1. The van der Waals surface area contributed by atoms with Crippen molar-refractivity contribution in [3.05, 3.63) is 57.3 Å². The molecule has 0 spiro atoms. The lowest BCUT2D eigenvalue weighted by atomic mass is 10.2. The van der Waals surface area contributed by atoms with E-state index in [1.54, 1.807) is 30.3 Å². The van der Waals surface area contributed by atoms with E-state index in [-0.39, 0.29) is 12.3 Å². The molecule has 0 fully saturated rings. The highest BCUT2D eigenvalue weighted by atomic mass is 79.9. The summed E-state index contributed by atoms with van der Waals surface area (Å²) >= 11 is 9.31. The lowest BCUT2D eigenvalue weighted by molar-refractivity contribution is 0.0687. The monoisotopic (exact) mass is 341 g/mol. The molecule has 1 heterocycles. The Morgan fingerprint density at radius 1 is 1.42 bits per heavy atom. The second kappa shape index (κ2) is 6.04. The van der Waals surface area contributed by atoms with Gasteiger partial charge in [-0.15, -0.1) is 0 Å². The van der Waals surface area contributed by atoms with Crippen LogP contribution in [-0.2, 0) is 6.61 Å². The summed E-state index contributed by atoms with van der Waals surface area (Å²) in [5.41, 5.74) is 0.477. The van der Waals surface area contributed by atoms with Crippen LogP contribution in [0.25, 0.3) is 0 Å². The number of aromatic carboxylic acids is 1. The summed E-state index contributed by atoms with van der Waals surface area (Å²) in [5.74, 6) is -0.592. The number of carboxylic acid groups (broad SMARTS) is 1. The quantitative estimate of drug-likeness (QED) is 0.918. The van der Waals surface area contributed by atoms with Crippen LogP contribution < -0.4 is 4.74 Å². The first-order valence-electron chi connectivity index (χ1n) is 5.33. The van der Waals surface area contributed by atoms with Crippen LogP contribution in [0.4, 0.5) is 0 Å². The third kappa shape index (κ3) is 3.45. The van der Waals surface area contributed by atoms with Crippen LogP contribution in [0.3, 0.4) is 0 Å². The van der Waals surface area contributed by atoms with Crippen molar-refractivity contribution in [3.63, 3.8) is 0 Å². The summed E-state index contributed by atoms with van der Waals surface area (Å²) in [7, 11) is 0. The molecule has 0 aliphatic carbocycles. The van der Waals surface area contributed by atoms with E-state index in [0.29, 0.717) is 16.3 Å². The van der Waals surface area contributed by atoms with E-state index in [2.05, 4.69) is 20.9 Å². The van der Waals surface area contributed by atoms with Gasteiger partial charge in [0.25, 0.3) is 0 Å². The van der Waals surface area contributed by atoms with Gasteiger partial charge >= 0.3 is 5.97 Å². The molecule has 1 aromatic heterocycles. The maximum atomic E-state index is 11.0. The molecule has 98 valence electrons. The Morgan fingerprint density at radius 3 is 2.89 bits per heavy atom. The number of hydrogen-bond donors (Lipinski definition) is 1. The largest absolute Gasteiger partial charge is 0.487 e. The number of pyridine rings is 1. The fourth-order valence-corrected chi connectivity index (χ4v) is 2.22. The highest BCUT2D eigenvalue weighted by Crippen LogP contribution is 2.28. The van der Waals surface area contributed by atoms with Crippen LogP contribution in [0.2, 0.25) is 5.02 Å². The summed E-state index contributed by atoms with van der Waals surface area (Å²) in [5, 5.41) is 9.46. The zero-order chi connectivity index (χ0) is 13.8. The van der Waals surface area contributed by atoms with Gasteiger partial charge in [0.05, 0.1) is 5.02 Å². The van der Waals surface area contributed by atoms with Crippen LogP contribution in [0.15, 0.2) is 41.0 Å². The minimum Gasteiger partial charge on any atom is -0.487 e. The average molecular weight is 343 g/mol. The number of halogens is 2. The van der Waals surface area contributed by atoms with Gasteiger partial charge in [0.2, 0.25) is 0 Å². The molecule has 0 amide bonds. The van der Waals surface area contributed by atoms with Gasteiger partial charge in [-0.2, -0.15) is 0 Å². The van der Waals surface area contributed by atoms with Crippen LogP contribution in [0.5, 0.6) is 5.75 Å². The Morgan fingerprint density at radius 2 is 2.21 bits per heavy atom. The van der Waals surface area contributed by atoms with Gasteiger partial charge in [-0.1, -0.05) is 33.6 Å². The summed E-state index contributed by atoms with van der Waals surface area (Å²) < 4.78 is 6.36. The van der Waals surface area contributed by atoms with Crippen molar-refractivity contribution >= 4 is 33.5 Å². The molecule has 0 aliphatic rings. The number of rotatable bonds is 4. The highest BCUT2D eigenvalue weighted by molar-refractivity contribution is 9.10. The molecular formula is C13H9BrClNO3. The Labute approximate surface area is 123 Å². The van der Waals surface area contributed by atoms with Crippen molar-refractivity contribution in [2.45, 2.75) is 6.61 Å². The summed E-state index contributed by atoms with van der Waals surface area (Å²) in [6, 6.07) is 8.53. The molecule has 0 aliphatic heterocycles. The van der Waals surface area contributed by atoms with Gasteiger partial charge in [-0.05, 0) is 24.3 Å². The topological polar surface area (TPSA) is 59.4 Å². The lowest BCUT2D eigenvalue weighted by Crippen LogP contribution is -2.08. The first-order chi connectivity index (χ1) is 9.08. The molecule has 2 aromatic rings. The van der Waals surface area contributed by atoms with Gasteiger partial charge in [0.15, 0.2) is 5.69 Å². The fraction of sp³-hybridized carbons (Fsp3) is 0.0769. The van der Waals surface area contributed by atoms with Gasteiger partial charge in [0.1, 0.15) is 12.4 Å². The number of nitrogens with zero attached hydrogens (tertiary/aromatic N) is 1. The van der Waals surface area contributed by atoms with E-state index < -0.39 is 5.97 Å². The number of ether oxygens (including phenoxy) is 1. The molecule has 0 bridgehead atoms. The fourth-order valence-electron chi connectivity index (χ4n) is 1.50. The normalized spacial score (nSPS) is 10.2. The Kier molecular flexibility index (Phi) is 4.39. The first kappa shape index (κ1) is 13.8. The van der Waals surface area contributed by atoms with Crippen molar-refractivity contribution in [3.8, 4) is 5.75 Å². The SMILES string of the molecule is O=C(O)c1ncccc1COc1ccc(Br)cc1Cl. The molecule has 0 saturated carbocycles. The van der Waals surface area contributed by atoms with Crippen molar-refractivity contribution in [1.29, 1.82) is 0 Å². The second-order valence-electron chi connectivity index (χ2n) is 3.68. The standard InChI is InChI=1S/C13H9BrClNO3/c14-9-3-4-11(10(15)6-9)19-7-8-2-1-5-16-12(8)13(17)18/h1-6H,7H2,(H,17,18). The minimum absolute atomic E-state index is 0.0178. The molecule has 2 rings (SSSR count). The third-order valence-electron chi connectivity index (χ3n) is 2.37. The van der Waals surface area contributed by atoms with Gasteiger partial charge in [-0.25, -0.2) is 9.78 Å². The molecule has 1 N–H and O–H groups in total. The predicted octanol–water partition coefficient (Wildman–Crippen LogP) is 3.77. The van der Waals surface area contributed by atoms with E-state index in [1.807, 2.05) is 0 Å². The molecule has 4 nitrogen and oxygen atoms in total. The Balaban J connectivity index is 2.17.